The molecule has 0 saturated carbocycles. The van der Waals surface area contributed by atoms with Gasteiger partial charge in [-0.2, -0.15) is 9.61 Å². The molecule has 27 heavy (non-hydrogen) atoms. The van der Waals surface area contributed by atoms with E-state index in [-0.39, 0.29) is 6.61 Å². The Labute approximate surface area is 152 Å². The molecule has 5 rings (SSSR count). The first kappa shape index (κ1) is 15.3. The minimum atomic E-state index is 0.238. The summed E-state index contributed by atoms with van der Waals surface area (Å²) in [6, 6.07) is 7.75. The molecule has 132 valence electrons. The number of nitrogens with zero attached hydrogens (tertiary/aromatic N) is 9. The average Bonchev–Trinajstić information content (AvgIpc) is 3.33. The quantitative estimate of drug-likeness (QED) is 0.474. The van der Waals surface area contributed by atoms with Crippen LogP contribution in [0.1, 0.15) is 5.82 Å². The summed E-state index contributed by atoms with van der Waals surface area (Å²) < 4.78 is 9.25. The molecule has 10 nitrogen and oxygen atoms in total. The van der Waals surface area contributed by atoms with Crippen LogP contribution < -0.4 is 4.74 Å². The Bertz CT molecular complexity index is 1250. The second-order valence-corrected chi connectivity index (χ2v) is 5.79. The van der Waals surface area contributed by atoms with Crippen molar-refractivity contribution in [2.75, 3.05) is 0 Å². The van der Waals surface area contributed by atoms with Gasteiger partial charge in [0.25, 0.3) is 0 Å². The predicted molar refractivity (Wildman–Crippen MR) is 94.6 cm³/mol. The van der Waals surface area contributed by atoms with Crippen molar-refractivity contribution in [2.24, 2.45) is 7.05 Å². The van der Waals surface area contributed by atoms with Crippen molar-refractivity contribution < 1.29 is 4.74 Å². The predicted octanol–water partition coefficient (Wildman–Crippen LogP) is 1.44. The third kappa shape index (κ3) is 2.54. The zero-order chi connectivity index (χ0) is 18.2. The number of ether oxygens (including phenoxy) is 1. The van der Waals surface area contributed by atoms with Gasteiger partial charge in [-0.3, -0.25) is 9.67 Å². The molecular formula is C17H13N9O. The van der Waals surface area contributed by atoms with E-state index in [0.717, 1.165) is 10.8 Å². The molecule has 0 fully saturated rings. The molecule has 0 amide bonds. The molecule has 4 aromatic heterocycles. The average molecular weight is 359 g/mol. The van der Waals surface area contributed by atoms with E-state index in [0.29, 0.717) is 28.9 Å². The zero-order valence-electron chi connectivity index (χ0n) is 14.3. The van der Waals surface area contributed by atoms with Crippen LogP contribution in [0, 0.1) is 0 Å². The van der Waals surface area contributed by atoms with Crippen LogP contribution in [0.4, 0.5) is 0 Å². The van der Waals surface area contributed by atoms with Gasteiger partial charge in [0.15, 0.2) is 11.5 Å². The lowest BCUT2D eigenvalue weighted by Gasteiger charge is -2.09. The first-order valence-electron chi connectivity index (χ1n) is 8.17. The number of fused-ring (bicyclic) bond motifs is 3. The summed E-state index contributed by atoms with van der Waals surface area (Å²) in [5, 5.41) is 18.9. The van der Waals surface area contributed by atoms with Crippen LogP contribution in [-0.4, -0.2) is 44.5 Å². The Morgan fingerprint density at radius 1 is 1.04 bits per heavy atom. The van der Waals surface area contributed by atoms with Crippen LogP contribution in [0.5, 0.6) is 5.88 Å². The Kier molecular flexibility index (Phi) is 3.46. The maximum absolute atomic E-state index is 5.97. The van der Waals surface area contributed by atoms with Gasteiger partial charge in [0.1, 0.15) is 18.6 Å². The van der Waals surface area contributed by atoms with Crippen molar-refractivity contribution in [1.29, 1.82) is 0 Å². The van der Waals surface area contributed by atoms with E-state index >= 15 is 0 Å². The fourth-order valence-corrected chi connectivity index (χ4v) is 2.82. The lowest BCUT2D eigenvalue weighted by atomic mass is 10.2. The Morgan fingerprint density at radius 2 is 1.93 bits per heavy atom. The third-order valence-corrected chi connectivity index (χ3v) is 4.17. The normalized spacial score (nSPS) is 11.3. The van der Waals surface area contributed by atoms with E-state index in [1.54, 1.807) is 27.8 Å². The molecule has 10 heteroatoms. The molecule has 0 saturated heterocycles. The topological polar surface area (TPSA) is 109 Å². The maximum Gasteiger partial charge on any atom is 0.240 e. The van der Waals surface area contributed by atoms with Crippen LogP contribution in [0.2, 0.25) is 0 Å². The van der Waals surface area contributed by atoms with E-state index in [1.165, 1.54) is 6.33 Å². The number of aromatic nitrogens is 9. The molecular weight excluding hydrogens is 346 g/mol. The van der Waals surface area contributed by atoms with Crippen molar-refractivity contribution in [3.8, 4) is 17.4 Å². The number of rotatable bonds is 4. The van der Waals surface area contributed by atoms with Gasteiger partial charge < -0.3 is 4.74 Å². The van der Waals surface area contributed by atoms with Crippen molar-refractivity contribution >= 4 is 16.4 Å². The van der Waals surface area contributed by atoms with Crippen LogP contribution >= 0.6 is 0 Å². The SMILES string of the molecule is Cn1ncnc1COc1nn2c(-c3cnccn3)nnc2c2ccccc12. The Hall–Kier alpha value is -3.95. The van der Waals surface area contributed by atoms with E-state index in [4.69, 9.17) is 4.74 Å². The molecule has 0 bridgehead atoms. The Balaban J connectivity index is 1.67. The van der Waals surface area contributed by atoms with E-state index < -0.39 is 0 Å². The smallest absolute Gasteiger partial charge is 0.240 e. The van der Waals surface area contributed by atoms with Gasteiger partial charge in [0.05, 0.1) is 6.20 Å². The molecule has 0 atom stereocenters. The molecule has 4 heterocycles. The largest absolute Gasteiger partial charge is 0.468 e. The summed E-state index contributed by atoms with van der Waals surface area (Å²) in [6.45, 7) is 0.238. The van der Waals surface area contributed by atoms with Gasteiger partial charge in [-0.1, -0.05) is 18.2 Å². The number of hydrogen-bond acceptors (Lipinski definition) is 8. The van der Waals surface area contributed by atoms with Gasteiger partial charge >= 0.3 is 0 Å². The summed E-state index contributed by atoms with van der Waals surface area (Å²) in [7, 11) is 1.81. The van der Waals surface area contributed by atoms with Gasteiger partial charge in [-0.25, -0.2) is 9.97 Å². The highest BCUT2D eigenvalue weighted by Crippen LogP contribution is 2.28. The lowest BCUT2D eigenvalue weighted by molar-refractivity contribution is 0.278. The minimum Gasteiger partial charge on any atom is -0.468 e. The summed E-state index contributed by atoms with van der Waals surface area (Å²) >= 11 is 0. The second-order valence-electron chi connectivity index (χ2n) is 5.79. The molecule has 0 N–H and O–H groups in total. The van der Waals surface area contributed by atoms with E-state index in [9.17, 15) is 0 Å². The highest BCUT2D eigenvalue weighted by molar-refractivity contribution is 5.96. The highest BCUT2D eigenvalue weighted by atomic mass is 16.5. The summed E-state index contributed by atoms with van der Waals surface area (Å²) in [5.74, 6) is 1.64. The van der Waals surface area contributed by atoms with Crippen molar-refractivity contribution in [1.82, 2.24) is 44.5 Å². The fraction of sp³-hybridized carbons (Fsp3) is 0.118. The van der Waals surface area contributed by atoms with Gasteiger partial charge in [-0.15, -0.1) is 15.3 Å². The number of hydrogen-bond donors (Lipinski definition) is 0. The van der Waals surface area contributed by atoms with E-state index in [1.807, 2.05) is 31.3 Å². The molecule has 0 radical (unpaired) electrons. The summed E-state index contributed by atoms with van der Waals surface area (Å²) in [6.07, 6.45) is 6.31. The monoisotopic (exact) mass is 359 g/mol. The van der Waals surface area contributed by atoms with Crippen molar-refractivity contribution in [3.05, 3.63) is 55.0 Å². The van der Waals surface area contributed by atoms with Crippen molar-refractivity contribution in [2.45, 2.75) is 6.61 Å². The summed E-state index contributed by atoms with van der Waals surface area (Å²) in [4.78, 5) is 12.6. The highest BCUT2D eigenvalue weighted by Gasteiger charge is 2.17. The number of benzene rings is 1. The summed E-state index contributed by atoms with van der Waals surface area (Å²) in [5.41, 5.74) is 1.20. The Morgan fingerprint density at radius 3 is 2.70 bits per heavy atom. The first-order valence-corrected chi connectivity index (χ1v) is 8.17. The van der Waals surface area contributed by atoms with Crippen molar-refractivity contribution in [3.63, 3.8) is 0 Å². The first-order chi connectivity index (χ1) is 13.3. The fourth-order valence-electron chi connectivity index (χ4n) is 2.82. The molecule has 0 aliphatic rings. The van der Waals surface area contributed by atoms with E-state index in [2.05, 4.69) is 35.3 Å². The molecule has 0 unspecified atom stereocenters. The second kappa shape index (κ2) is 6.09. The minimum absolute atomic E-state index is 0.238. The van der Waals surface area contributed by atoms with Crippen LogP contribution in [0.25, 0.3) is 27.9 Å². The van der Waals surface area contributed by atoms with Crippen LogP contribution in [0.15, 0.2) is 49.2 Å². The lowest BCUT2D eigenvalue weighted by Crippen LogP contribution is -2.07. The number of aryl methyl sites for hydroxylation is 1. The maximum atomic E-state index is 5.97. The standard InChI is InChI=1S/C17H13N9O/c1-25-14(20-10-21-25)9-27-17-12-5-3-2-4-11(12)15-22-23-16(26(15)24-17)13-8-18-6-7-19-13/h2-8,10H,9H2,1H3. The molecule has 0 aliphatic carbocycles. The molecule has 5 aromatic rings. The van der Waals surface area contributed by atoms with Gasteiger partial charge in [-0.05, 0) is 6.07 Å². The van der Waals surface area contributed by atoms with Crippen LogP contribution in [-0.2, 0) is 13.7 Å². The molecule has 0 aliphatic heterocycles. The molecule has 0 spiro atoms. The third-order valence-electron chi connectivity index (χ3n) is 4.17. The van der Waals surface area contributed by atoms with Gasteiger partial charge in [0, 0.05) is 30.2 Å². The molecule has 1 aromatic carbocycles. The zero-order valence-corrected chi connectivity index (χ0v) is 14.3. The van der Waals surface area contributed by atoms with Gasteiger partial charge in [0.2, 0.25) is 11.7 Å². The van der Waals surface area contributed by atoms with Crippen LogP contribution in [0.3, 0.4) is 0 Å².